The van der Waals surface area contributed by atoms with Gasteiger partial charge in [0, 0.05) is 9.75 Å². The van der Waals surface area contributed by atoms with Crippen LogP contribution >= 0.6 is 22.7 Å². The van der Waals surface area contributed by atoms with Gasteiger partial charge in [-0.05, 0) is 31.0 Å². The molecule has 0 fully saturated rings. The molecule has 0 radical (unpaired) electrons. The number of rotatable bonds is 3. The molecule has 2 rings (SSSR count). The van der Waals surface area contributed by atoms with Crippen LogP contribution in [-0.2, 0) is 11.2 Å². The molecule has 0 amide bonds. The normalized spacial score (nSPS) is 10.6. The highest BCUT2D eigenvalue weighted by atomic mass is 32.1. The Bertz CT molecular complexity index is 584. The zero-order valence-corrected chi connectivity index (χ0v) is 12.2. The van der Waals surface area contributed by atoms with Crippen molar-refractivity contribution in [2.24, 2.45) is 0 Å². The minimum atomic E-state index is -0.362. The van der Waals surface area contributed by atoms with Gasteiger partial charge in [-0.25, -0.2) is 4.79 Å². The molecule has 96 valence electrons. The molecule has 2 heterocycles. The lowest BCUT2D eigenvalue weighted by Crippen LogP contribution is -2.01. The summed E-state index contributed by atoms with van der Waals surface area (Å²) < 4.78 is 4.74. The number of hydrogen-bond acceptors (Lipinski definition) is 5. The van der Waals surface area contributed by atoms with Crippen molar-refractivity contribution in [2.75, 3.05) is 12.8 Å². The number of aryl methyl sites for hydroxylation is 1. The van der Waals surface area contributed by atoms with Gasteiger partial charge >= 0.3 is 5.97 Å². The third-order valence-corrected chi connectivity index (χ3v) is 5.50. The monoisotopic (exact) mass is 281 g/mol. The summed E-state index contributed by atoms with van der Waals surface area (Å²) in [7, 11) is 1.37. The van der Waals surface area contributed by atoms with E-state index in [-0.39, 0.29) is 5.97 Å². The van der Waals surface area contributed by atoms with Crippen molar-refractivity contribution in [2.45, 2.75) is 20.3 Å². The van der Waals surface area contributed by atoms with Crippen LogP contribution in [0.25, 0.3) is 9.75 Å². The van der Waals surface area contributed by atoms with E-state index in [9.17, 15) is 4.79 Å². The van der Waals surface area contributed by atoms with E-state index in [1.807, 2.05) is 6.92 Å². The fraction of sp³-hybridized carbons (Fsp3) is 0.308. The second-order valence-corrected chi connectivity index (χ2v) is 6.10. The summed E-state index contributed by atoms with van der Waals surface area (Å²) >= 11 is 3.15. The summed E-state index contributed by atoms with van der Waals surface area (Å²) in [6.07, 6.45) is 1.02. The van der Waals surface area contributed by atoms with E-state index in [1.54, 1.807) is 11.3 Å². The van der Waals surface area contributed by atoms with Gasteiger partial charge in [-0.15, -0.1) is 22.7 Å². The number of nitrogens with two attached hydrogens (primary N) is 1. The van der Waals surface area contributed by atoms with Crippen molar-refractivity contribution < 1.29 is 9.53 Å². The van der Waals surface area contributed by atoms with Crippen molar-refractivity contribution in [1.29, 1.82) is 0 Å². The van der Waals surface area contributed by atoms with Gasteiger partial charge in [0.1, 0.15) is 4.88 Å². The molecular weight excluding hydrogens is 266 g/mol. The van der Waals surface area contributed by atoms with Gasteiger partial charge < -0.3 is 10.5 Å². The first kappa shape index (κ1) is 13.1. The molecule has 3 nitrogen and oxygen atoms in total. The number of esters is 1. The second-order valence-electron chi connectivity index (χ2n) is 3.91. The summed E-state index contributed by atoms with van der Waals surface area (Å²) in [6, 6.07) is 4.20. The maximum atomic E-state index is 11.6. The first-order valence-electron chi connectivity index (χ1n) is 5.64. The average molecular weight is 281 g/mol. The van der Waals surface area contributed by atoms with E-state index in [0.29, 0.717) is 10.6 Å². The lowest BCUT2D eigenvalue weighted by molar-refractivity contribution is 0.0607. The topological polar surface area (TPSA) is 52.3 Å². The van der Waals surface area contributed by atoms with Crippen LogP contribution in [0.15, 0.2) is 12.1 Å². The number of carbonyl (C=O) groups is 1. The Balaban J connectivity index is 2.49. The molecule has 2 N–H and O–H groups in total. The molecule has 18 heavy (non-hydrogen) atoms. The van der Waals surface area contributed by atoms with Crippen LogP contribution in [0.1, 0.15) is 27.0 Å². The molecule has 0 aliphatic rings. The van der Waals surface area contributed by atoms with Crippen LogP contribution in [0.4, 0.5) is 5.69 Å². The number of anilines is 1. The molecule has 0 unspecified atom stereocenters. The number of thiophene rings is 2. The Hall–Kier alpha value is -1.33. The van der Waals surface area contributed by atoms with Gasteiger partial charge in [-0.2, -0.15) is 0 Å². The molecule has 0 atom stereocenters. The molecule has 0 saturated heterocycles. The lowest BCUT2D eigenvalue weighted by Gasteiger charge is -1.96. The van der Waals surface area contributed by atoms with Crippen LogP contribution in [0, 0.1) is 6.92 Å². The van der Waals surface area contributed by atoms with Crippen LogP contribution in [0.5, 0.6) is 0 Å². The van der Waals surface area contributed by atoms with Gasteiger partial charge in [0.25, 0.3) is 0 Å². The molecule has 0 bridgehead atoms. The number of ether oxygens (including phenoxy) is 1. The van der Waals surface area contributed by atoms with E-state index in [0.717, 1.165) is 21.7 Å². The van der Waals surface area contributed by atoms with Crippen molar-refractivity contribution in [3.05, 3.63) is 27.5 Å². The zero-order valence-electron chi connectivity index (χ0n) is 10.6. The Morgan fingerprint density at radius 3 is 2.67 bits per heavy atom. The van der Waals surface area contributed by atoms with E-state index >= 15 is 0 Å². The third-order valence-electron chi connectivity index (χ3n) is 2.80. The van der Waals surface area contributed by atoms with Gasteiger partial charge in [-0.1, -0.05) is 6.92 Å². The number of carbonyl (C=O) groups excluding carboxylic acids is 1. The van der Waals surface area contributed by atoms with Crippen LogP contribution in [0.2, 0.25) is 0 Å². The van der Waals surface area contributed by atoms with E-state index < -0.39 is 0 Å². The van der Waals surface area contributed by atoms with Crippen LogP contribution in [-0.4, -0.2) is 13.1 Å². The van der Waals surface area contributed by atoms with Gasteiger partial charge in [0.2, 0.25) is 0 Å². The quantitative estimate of drug-likeness (QED) is 0.872. The molecule has 0 saturated carbocycles. The molecule has 0 aliphatic heterocycles. The molecule has 2 aromatic heterocycles. The van der Waals surface area contributed by atoms with E-state index in [4.69, 9.17) is 10.5 Å². The number of methoxy groups -OCH3 is 1. The summed E-state index contributed by atoms with van der Waals surface area (Å²) in [4.78, 5) is 15.7. The molecule has 0 spiro atoms. The highest BCUT2D eigenvalue weighted by molar-refractivity contribution is 7.23. The van der Waals surface area contributed by atoms with Gasteiger partial charge in [0.15, 0.2) is 0 Å². The summed E-state index contributed by atoms with van der Waals surface area (Å²) in [5.74, 6) is -0.362. The Labute approximate surface area is 114 Å². The Morgan fingerprint density at radius 2 is 2.11 bits per heavy atom. The first-order valence-corrected chi connectivity index (χ1v) is 7.28. The predicted molar refractivity (Wildman–Crippen MR) is 77.5 cm³/mol. The zero-order chi connectivity index (χ0) is 13.3. The number of nitrogen functional groups attached to an aromatic ring is 1. The molecule has 0 aliphatic carbocycles. The summed E-state index contributed by atoms with van der Waals surface area (Å²) in [5.41, 5.74) is 7.47. The third kappa shape index (κ3) is 2.15. The SMILES string of the molecule is CCc1ccc(-c2sc(C(=O)OC)c(N)c2C)s1. The minimum Gasteiger partial charge on any atom is -0.465 e. The van der Waals surface area contributed by atoms with Gasteiger partial charge in [0.05, 0.1) is 17.7 Å². The summed E-state index contributed by atoms with van der Waals surface area (Å²) in [6.45, 7) is 4.07. The molecular formula is C13H15NO2S2. The van der Waals surface area contributed by atoms with Crippen molar-refractivity contribution in [3.8, 4) is 9.75 Å². The fourth-order valence-corrected chi connectivity index (χ4v) is 3.96. The average Bonchev–Trinajstić information content (AvgIpc) is 2.95. The fourth-order valence-electron chi connectivity index (χ4n) is 1.70. The van der Waals surface area contributed by atoms with Crippen molar-refractivity contribution >= 4 is 34.3 Å². The van der Waals surface area contributed by atoms with Crippen molar-refractivity contribution in [3.63, 3.8) is 0 Å². The maximum absolute atomic E-state index is 11.6. The largest absolute Gasteiger partial charge is 0.465 e. The minimum absolute atomic E-state index is 0.362. The molecule has 5 heteroatoms. The van der Waals surface area contributed by atoms with Crippen molar-refractivity contribution in [1.82, 2.24) is 0 Å². The first-order chi connectivity index (χ1) is 8.58. The summed E-state index contributed by atoms with van der Waals surface area (Å²) in [5, 5.41) is 0. The van der Waals surface area contributed by atoms with Crippen LogP contribution < -0.4 is 5.73 Å². The predicted octanol–water partition coefficient (Wildman–Crippen LogP) is 3.72. The maximum Gasteiger partial charge on any atom is 0.350 e. The Kier molecular flexibility index (Phi) is 3.73. The number of hydrogen-bond donors (Lipinski definition) is 1. The second kappa shape index (κ2) is 5.12. The molecule has 2 aromatic rings. The highest BCUT2D eigenvalue weighted by Crippen LogP contribution is 2.41. The highest BCUT2D eigenvalue weighted by Gasteiger charge is 2.20. The Morgan fingerprint density at radius 1 is 1.39 bits per heavy atom. The smallest absolute Gasteiger partial charge is 0.350 e. The molecule has 0 aromatic carbocycles. The van der Waals surface area contributed by atoms with Gasteiger partial charge in [-0.3, -0.25) is 0 Å². The lowest BCUT2D eigenvalue weighted by atomic mass is 10.2. The standard InChI is InChI=1S/C13H15NO2S2/c1-4-8-5-6-9(17-8)11-7(2)10(14)12(18-11)13(15)16-3/h5-6H,4,14H2,1-3H3. The van der Waals surface area contributed by atoms with Crippen LogP contribution in [0.3, 0.4) is 0 Å². The van der Waals surface area contributed by atoms with E-state index in [1.165, 1.54) is 23.3 Å². The van der Waals surface area contributed by atoms with E-state index in [2.05, 4.69) is 19.1 Å².